The van der Waals surface area contributed by atoms with Crippen LogP contribution in [-0.2, 0) is 16.4 Å². The zero-order valence-electron chi connectivity index (χ0n) is 14.2. The van der Waals surface area contributed by atoms with E-state index in [2.05, 4.69) is 10.0 Å². The molecule has 27 heavy (non-hydrogen) atoms. The Bertz CT molecular complexity index is 1030. The number of carbonyl (C=O) groups excluding carboxylic acids is 1. The molecule has 3 aromatic rings. The van der Waals surface area contributed by atoms with Gasteiger partial charge in [-0.1, -0.05) is 29.8 Å². The Morgan fingerprint density at radius 2 is 1.85 bits per heavy atom. The third-order valence-corrected chi connectivity index (χ3v) is 6.27. The Kier molecular flexibility index (Phi) is 6.15. The van der Waals surface area contributed by atoms with Gasteiger partial charge < -0.3 is 5.32 Å². The summed E-state index contributed by atoms with van der Waals surface area (Å²) in [5.41, 5.74) is 0.642. The highest BCUT2D eigenvalue weighted by atomic mass is 35.5. The standard InChI is InChI=1S/C19H17ClN2O3S2/c20-15-5-2-6-16(13-15)22-27(24,25)18-8-1-4-14(12-18)19(23)21-10-9-17-7-3-11-26-17/h1-8,11-13,22H,9-10H2,(H,21,23). The lowest BCUT2D eigenvalue weighted by Gasteiger charge is -2.10. The van der Waals surface area contributed by atoms with Gasteiger partial charge in [0.1, 0.15) is 0 Å². The molecule has 0 radical (unpaired) electrons. The molecule has 0 fully saturated rings. The number of hydrogen-bond acceptors (Lipinski definition) is 4. The number of halogens is 1. The van der Waals surface area contributed by atoms with Crippen molar-refractivity contribution in [1.82, 2.24) is 5.32 Å². The van der Waals surface area contributed by atoms with Gasteiger partial charge in [0, 0.05) is 22.0 Å². The van der Waals surface area contributed by atoms with E-state index in [0.717, 1.165) is 6.42 Å². The quantitative estimate of drug-likeness (QED) is 0.602. The summed E-state index contributed by atoms with van der Waals surface area (Å²) in [4.78, 5) is 13.5. The lowest BCUT2D eigenvalue weighted by molar-refractivity contribution is 0.0954. The van der Waals surface area contributed by atoms with Crippen LogP contribution < -0.4 is 10.0 Å². The van der Waals surface area contributed by atoms with E-state index in [-0.39, 0.29) is 16.4 Å². The zero-order valence-corrected chi connectivity index (χ0v) is 16.6. The maximum Gasteiger partial charge on any atom is 0.261 e. The van der Waals surface area contributed by atoms with E-state index in [9.17, 15) is 13.2 Å². The molecule has 0 aliphatic carbocycles. The number of sulfonamides is 1. The average Bonchev–Trinajstić information content (AvgIpc) is 3.15. The number of carbonyl (C=O) groups is 1. The number of rotatable bonds is 7. The zero-order chi connectivity index (χ0) is 19.3. The van der Waals surface area contributed by atoms with Crippen molar-refractivity contribution >= 4 is 44.6 Å². The van der Waals surface area contributed by atoms with Gasteiger partial charge >= 0.3 is 0 Å². The van der Waals surface area contributed by atoms with E-state index < -0.39 is 10.0 Å². The van der Waals surface area contributed by atoms with Crippen LogP contribution in [0.25, 0.3) is 0 Å². The molecule has 2 N–H and O–H groups in total. The number of thiophene rings is 1. The van der Waals surface area contributed by atoms with Gasteiger partial charge in [-0.05, 0) is 54.3 Å². The summed E-state index contributed by atoms with van der Waals surface area (Å²) in [5, 5.41) is 5.22. The van der Waals surface area contributed by atoms with Gasteiger partial charge in [0.05, 0.1) is 10.6 Å². The van der Waals surface area contributed by atoms with Crippen molar-refractivity contribution in [2.45, 2.75) is 11.3 Å². The van der Waals surface area contributed by atoms with E-state index in [1.165, 1.54) is 23.1 Å². The number of hydrogen-bond donors (Lipinski definition) is 2. The maximum absolute atomic E-state index is 12.6. The largest absolute Gasteiger partial charge is 0.352 e. The molecule has 5 nitrogen and oxygen atoms in total. The third kappa shape index (κ3) is 5.32. The number of amides is 1. The van der Waals surface area contributed by atoms with Gasteiger partial charge in [-0.15, -0.1) is 11.3 Å². The van der Waals surface area contributed by atoms with Crippen LogP contribution in [0.4, 0.5) is 5.69 Å². The summed E-state index contributed by atoms with van der Waals surface area (Å²) >= 11 is 7.51. The molecule has 0 saturated carbocycles. The van der Waals surface area contributed by atoms with E-state index in [1.54, 1.807) is 41.7 Å². The number of benzene rings is 2. The minimum atomic E-state index is -3.83. The summed E-state index contributed by atoms with van der Waals surface area (Å²) < 4.78 is 27.6. The van der Waals surface area contributed by atoms with Crippen LogP contribution in [0, 0.1) is 0 Å². The molecule has 0 spiro atoms. The minimum Gasteiger partial charge on any atom is -0.352 e. The Morgan fingerprint density at radius 1 is 1.04 bits per heavy atom. The lowest BCUT2D eigenvalue weighted by Crippen LogP contribution is -2.25. The second kappa shape index (κ2) is 8.56. The molecule has 3 rings (SSSR count). The monoisotopic (exact) mass is 420 g/mol. The summed E-state index contributed by atoms with van der Waals surface area (Å²) in [6, 6.07) is 16.3. The molecule has 1 heterocycles. The van der Waals surface area contributed by atoms with Gasteiger partial charge in [-0.2, -0.15) is 0 Å². The van der Waals surface area contributed by atoms with Crippen LogP contribution in [0.3, 0.4) is 0 Å². The van der Waals surface area contributed by atoms with Gasteiger partial charge in [0.2, 0.25) is 0 Å². The molecule has 0 bridgehead atoms. The van der Waals surface area contributed by atoms with Crippen molar-refractivity contribution in [3.05, 3.63) is 81.5 Å². The van der Waals surface area contributed by atoms with Gasteiger partial charge in [-0.25, -0.2) is 8.42 Å². The Morgan fingerprint density at radius 3 is 2.59 bits per heavy atom. The topological polar surface area (TPSA) is 75.3 Å². The second-order valence-electron chi connectivity index (χ2n) is 5.73. The highest BCUT2D eigenvalue weighted by Gasteiger charge is 2.16. The highest BCUT2D eigenvalue weighted by Crippen LogP contribution is 2.20. The smallest absolute Gasteiger partial charge is 0.261 e. The summed E-state index contributed by atoms with van der Waals surface area (Å²) in [6.07, 6.45) is 0.734. The highest BCUT2D eigenvalue weighted by molar-refractivity contribution is 7.92. The fourth-order valence-corrected chi connectivity index (χ4v) is 4.42. The number of anilines is 1. The van der Waals surface area contributed by atoms with Crippen LogP contribution in [-0.4, -0.2) is 20.9 Å². The van der Waals surface area contributed by atoms with Gasteiger partial charge in [0.25, 0.3) is 15.9 Å². The van der Waals surface area contributed by atoms with Crippen LogP contribution in [0.2, 0.25) is 5.02 Å². The maximum atomic E-state index is 12.6. The lowest BCUT2D eigenvalue weighted by atomic mass is 10.2. The van der Waals surface area contributed by atoms with Crippen LogP contribution >= 0.6 is 22.9 Å². The predicted octanol–water partition coefficient (Wildman–Crippen LogP) is 4.17. The van der Waals surface area contributed by atoms with Crippen LogP contribution in [0.5, 0.6) is 0 Å². The second-order valence-corrected chi connectivity index (χ2v) is 8.88. The molecule has 140 valence electrons. The summed E-state index contributed by atoms with van der Waals surface area (Å²) in [6.45, 7) is 0.483. The first kappa shape index (κ1) is 19.4. The SMILES string of the molecule is O=C(NCCc1cccs1)c1cccc(S(=O)(=O)Nc2cccc(Cl)c2)c1. The molecule has 0 atom stereocenters. The van der Waals surface area contributed by atoms with Crippen molar-refractivity contribution in [2.24, 2.45) is 0 Å². The molecule has 0 saturated heterocycles. The molecule has 2 aromatic carbocycles. The first-order valence-corrected chi connectivity index (χ1v) is 10.9. The van der Waals surface area contributed by atoms with Crippen molar-refractivity contribution < 1.29 is 13.2 Å². The number of nitrogens with one attached hydrogen (secondary N) is 2. The minimum absolute atomic E-state index is 0.00776. The van der Waals surface area contributed by atoms with Gasteiger partial charge in [0.15, 0.2) is 0 Å². The fraction of sp³-hybridized carbons (Fsp3) is 0.105. The van der Waals surface area contributed by atoms with Crippen molar-refractivity contribution in [2.75, 3.05) is 11.3 Å². The van der Waals surface area contributed by atoms with Crippen LogP contribution in [0.1, 0.15) is 15.2 Å². The van der Waals surface area contributed by atoms with Crippen molar-refractivity contribution in [1.29, 1.82) is 0 Å². The Hall–Kier alpha value is -2.35. The van der Waals surface area contributed by atoms with Crippen LogP contribution in [0.15, 0.2) is 70.9 Å². The Balaban J connectivity index is 1.69. The molecular formula is C19H17ClN2O3S2. The first-order valence-electron chi connectivity index (χ1n) is 8.13. The average molecular weight is 421 g/mol. The van der Waals surface area contributed by atoms with Gasteiger partial charge in [-0.3, -0.25) is 9.52 Å². The third-order valence-electron chi connectivity index (χ3n) is 3.72. The Labute approximate surface area is 167 Å². The van der Waals surface area contributed by atoms with E-state index >= 15 is 0 Å². The normalized spacial score (nSPS) is 11.1. The molecule has 1 aromatic heterocycles. The van der Waals surface area contributed by atoms with E-state index in [4.69, 9.17) is 11.6 Å². The molecule has 8 heteroatoms. The summed E-state index contributed by atoms with van der Waals surface area (Å²) in [5.74, 6) is -0.314. The molecular weight excluding hydrogens is 404 g/mol. The molecule has 1 amide bonds. The van der Waals surface area contributed by atoms with E-state index in [1.807, 2.05) is 17.5 Å². The first-order chi connectivity index (χ1) is 12.9. The summed E-state index contributed by atoms with van der Waals surface area (Å²) in [7, 11) is -3.83. The molecule has 0 unspecified atom stereocenters. The molecule has 0 aliphatic rings. The van der Waals surface area contributed by atoms with E-state index in [0.29, 0.717) is 17.3 Å². The van der Waals surface area contributed by atoms with Crippen molar-refractivity contribution in [3.8, 4) is 0 Å². The fourth-order valence-electron chi connectivity index (χ4n) is 2.43. The van der Waals surface area contributed by atoms with Crippen molar-refractivity contribution in [3.63, 3.8) is 0 Å². The molecule has 0 aliphatic heterocycles. The predicted molar refractivity (Wildman–Crippen MR) is 109 cm³/mol.